The van der Waals surface area contributed by atoms with Gasteiger partial charge in [-0.2, -0.15) is 11.1 Å². The van der Waals surface area contributed by atoms with Crippen LogP contribution >= 0.6 is 11.1 Å². The third-order valence-electron chi connectivity index (χ3n) is 1.26. The minimum Gasteiger partial charge on any atom is -0.170 e. The van der Waals surface area contributed by atoms with Crippen LogP contribution in [0.4, 0.5) is 0 Å². The molecule has 0 saturated heterocycles. The fourth-order valence-corrected chi connectivity index (χ4v) is 3.06. The molecule has 0 aliphatic heterocycles. The van der Waals surface area contributed by atoms with E-state index in [0.717, 1.165) is 9.76 Å². The van der Waals surface area contributed by atoms with Crippen LogP contribution in [-0.4, -0.2) is 17.4 Å². The summed E-state index contributed by atoms with van der Waals surface area (Å²) in [4.78, 5) is 0. The van der Waals surface area contributed by atoms with E-state index >= 15 is 0 Å². The molecule has 0 N–H and O–H groups in total. The van der Waals surface area contributed by atoms with Gasteiger partial charge in [-0.3, -0.25) is 0 Å². The standard InChI is InChI=1S/C6H9ClSi2/c7-9(8)6-4-2-1-3-5-6/h1-5,9H,8H3. The molecule has 0 spiro atoms. The van der Waals surface area contributed by atoms with Gasteiger partial charge >= 0.3 is 0 Å². The molecule has 0 aliphatic rings. The van der Waals surface area contributed by atoms with E-state index in [1.165, 1.54) is 5.19 Å². The van der Waals surface area contributed by atoms with E-state index in [1.54, 1.807) is 0 Å². The average Bonchev–Trinajstić information content (AvgIpc) is 1.90. The zero-order valence-electron chi connectivity index (χ0n) is 5.34. The van der Waals surface area contributed by atoms with Crippen LogP contribution in [0.25, 0.3) is 0 Å². The predicted octanol–water partition coefficient (Wildman–Crippen LogP) is -0.282. The van der Waals surface area contributed by atoms with E-state index in [1.807, 2.05) is 6.07 Å². The SMILES string of the molecule is [SiH3][SiH](Cl)c1ccccc1. The summed E-state index contributed by atoms with van der Waals surface area (Å²) in [6.45, 7) is 0. The van der Waals surface area contributed by atoms with Crippen molar-refractivity contribution in [1.82, 2.24) is 0 Å². The van der Waals surface area contributed by atoms with Crippen LogP contribution in [-0.2, 0) is 0 Å². The topological polar surface area (TPSA) is 0 Å². The van der Waals surface area contributed by atoms with Gasteiger partial charge in [-0.05, 0) is 5.19 Å². The number of hydrogen-bond acceptors (Lipinski definition) is 0. The lowest BCUT2D eigenvalue weighted by atomic mass is 10.4. The summed E-state index contributed by atoms with van der Waals surface area (Å²) in [6, 6.07) is 10.4. The normalized spacial score (nSPS) is 13.4. The lowest BCUT2D eigenvalue weighted by Crippen LogP contribution is -2.23. The second-order valence-corrected chi connectivity index (χ2v) is 11.5. The summed E-state index contributed by atoms with van der Waals surface area (Å²) in [7, 11) is 0.243. The van der Waals surface area contributed by atoms with Crippen molar-refractivity contribution < 1.29 is 0 Å². The molecule has 0 amide bonds. The molecule has 0 heterocycles. The predicted molar refractivity (Wildman–Crippen MR) is 49.0 cm³/mol. The Kier molecular flexibility index (Phi) is 2.51. The van der Waals surface area contributed by atoms with Crippen LogP contribution in [0.1, 0.15) is 0 Å². The first-order valence-electron chi connectivity index (χ1n) is 2.99. The molecule has 0 aliphatic carbocycles. The maximum Gasteiger partial charge on any atom is 0.150 e. The second-order valence-electron chi connectivity index (χ2n) is 2.03. The lowest BCUT2D eigenvalue weighted by molar-refractivity contribution is 1.77. The third kappa shape index (κ3) is 1.97. The average molecular weight is 173 g/mol. The van der Waals surface area contributed by atoms with Gasteiger partial charge in [0.1, 0.15) is 0 Å². The maximum absolute atomic E-state index is 6.00. The highest BCUT2D eigenvalue weighted by Crippen LogP contribution is 1.87. The third-order valence-corrected chi connectivity index (χ3v) is 5.32. The van der Waals surface area contributed by atoms with Crippen molar-refractivity contribution in [3.63, 3.8) is 0 Å². The Hall–Kier alpha value is -0.0562. The largest absolute Gasteiger partial charge is 0.170 e. The Balaban J connectivity index is 2.85. The van der Waals surface area contributed by atoms with Gasteiger partial charge in [0, 0.05) is 9.76 Å². The molecule has 1 aromatic carbocycles. The van der Waals surface area contributed by atoms with Gasteiger partial charge in [-0.25, -0.2) is 0 Å². The number of benzene rings is 1. The Morgan fingerprint density at radius 1 is 1.22 bits per heavy atom. The molecular formula is C6H9ClSi2. The molecule has 0 bridgehead atoms. The molecule has 0 aromatic heterocycles. The highest BCUT2D eigenvalue weighted by molar-refractivity contribution is 7.37. The summed E-state index contributed by atoms with van der Waals surface area (Å²) in [5.74, 6) is 0. The van der Waals surface area contributed by atoms with Gasteiger partial charge in [-0.15, -0.1) is 0 Å². The van der Waals surface area contributed by atoms with Crippen molar-refractivity contribution in [2.24, 2.45) is 0 Å². The summed E-state index contributed by atoms with van der Waals surface area (Å²) < 4.78 is 0. The zero-order chi connectivity index (χ0) is 6.69. The van der Waals surface area contributed by atoms with Crippen molar-refractivity contribution >= 4 is 33.6 Å². The van der Waals surface area contributed by atoms with Gasteiger partial charge in [0.05, 0.1) is 0 Å². The zero-order valence-corrected chi connectivity index (χ0v) is 9.25. The van der Waals surface area contributed by atoms with E-state index < -0.39 is 7.62 Å². The van der Waals surface area contributed by atoms with Crippen molar-refractivity contribution in [3.05, 3.63) is 30.3 Å². The fraction of sp³-hybridized carbons (Fsp3) is 0. The molecule has 1 unspecified atom stereocenters. The molecular weight excluding hydrogens is 164 g/mol. The van der Waals surface area contributed by atoms with Crippen molar-refractivity contribution in [3.8, 4) is 0 Å². The fourth-order valence-electron chi connectivity index (χ4n) is 0.718. The van der Waals surface area contributed by atoms with Gasteiger partial charge in [-0.1, -0.05) is 30.3 Å². The van der Waals surface area contributed by atoms with Gasteiger partial charge in [0.25, 0.3) is 0 Å². The monoisotopic (exact) mass is 172 g/mol. The smallest absolute Gasteiger partial charge is 0.150 e. The van der Waals surface area contributed by atoms with Crippen LogP contribution in [0.2, 0.25) is 0 Å². The quantitative estimate of drug-likeness (QED) is 0.404. The number of hydrogen-bond donors (Lipinski definition) is 0. The first-order valence-corrected chi connectivity index (χ1v) is 9.94. The highest BCUT2D eigenvalue weighted by atomic mass is 35.6. The molecule has 0 radical (unpaired) electrons. The lowest BCUT2D eigenvalue weighted by Gasteiger charge is -1.97. The van der Waals surface area contributed by atoms with Gasteiger partial charge < -0.3 is 0 Å². The van der Waals surface area contributed by atoms with E-state index in [4.69, 9.17) is 11.1 Å². The van der Waals surface area contributed by atoms with Crippen molar-refractivity contribution in [2.45, 2.75) is 0 Å². The van der Waals surface area contributed by atoms with Gasteiger partial charge in [0.15, 0.2) is 7.62 Å². The van der Waals surface area contributed by atoms with Crippen LogP contribution in [0.15, 0.2) is 30.3 Å². The molecule has 1 aromatic rings. The van der Waals surface area contributed by atoms with Crippen LogP contribution in [0, 0.1) is 0 Å². The number of halogens is 1. The Morgan fingerprint density at radius 3 is 2.11 bits per heavy atom. The molecule has 0 fully saturated rings. The Labute approximate surface area is 64.4 Å². The van der Waals surface area contributed by atoms with Crippen molar-refractivity contribution in [1.29, 1.82) is 0 Å². The molecule has 1 atom stereocenters. The second kappa shape index (κ2) is 3.20. The molecule has 1 rings (SSSR count). The van der Waals surface area contributed by atoms with Crippen LogP contribution < -0.4 is 5.19 Å². The minimum absolute atomic E-state index is 0.918. The molecule has 9 heavy (non-hydrogen) atoms. The first kappa shape index (κ1) is 7.06. The van der Waals surface area contributed by atoms with Gasteiger partial charge in [0.2, 0.25) is 0 Å². The van der Waals surface area contributed by atoms with Crippen molar-refractivity contribution in [2.75, 3.05) is 0 Å². The molecule has 48 valence electrons. The minimum atomic E-state index is -0.918. The Bertz CT molecular complexity index is 174. The first-order chi connectivity index (χ1) is 4.30. The molecule has 3 heteroatoms. The van der Waals surface area contributed by atoms with E-state index in [-0.39, 0.29) is 0 Å². The van der Waals surface area contributed by atoms with Crippen LogP contribution in [0.3, 0.4) is 0 Å². The van der Waals surface area contributed by atoms with Crippen LogP contribution in [0.5, 0.6) is 0 Å². The summed E-state index contributed by atoms with van der Waals surface area (Å²) in [6.07, 6.45) is 0. The molecule has 0 saturated carbocycles. The summed E-state index contributed by atoms with van der Waals surface area (Å²) in [5.41, 5.74) is 0. The summed E-state index contributed by atoms with van der Waals surface area (Å²) >= 11 is 6.00. The van der Waals surface area contributed by atoms with E-state index in [9.17, 15) is 0 Å². The van der Waals surface area contributed by atoms with E-state index in [0.29, 0.717) is 0 Å². The number of rotatable bonds is 1. The summed E-state index contributed by atoms with van der Waals surface area (Å²) in [5, 5.41) is 1.38. The highest BCUT2D eigenvalue weighted by Gasteiger charge is 1.98. The van der Waals surface area contributed by atoms with E-state index in [2.05, 4.69) is 24.3 Å². The Morgan fingerprint density at radius 2 is 1.78 bits per heavy atom. The maximum atomic E-state index is 6.00. The molecule has 0 nitrogen and oxygen atoms in total.